The van der Waals surface area contributed by atoms with Gasteiger partial charge in [-0.2, -0.15) is 0 Å². The smallest absolute Gasteiger partial charge is 0.192 e. The molecule has 0 amide bonds. The van der Waals surface area contributed by atoms with E-state index in [4.69, 9.17) is 19.5 Å². The first-order valence-corrected chi connectivity index (χ1v) is 11.5. The van der Waals surface area contributed by atoms with Crippen molar-refractivity contribution >= 4 is 28.1 Å². The molecule has 0 saturated carbocycles. The summed E-state index contributed by atoms with van der Waals surface area (Å²) in [6.45, 7) is 8.95. The van der Waals surface area contributed by atoms with E-state index in [9.17, 15) is 0 Å². The van der Waals surface area contributed by atoms with Crippen molar-refractivity contribution in [2.75, 3.05) is 57.3 Å². The number of hydrogen-bond donors (Lipinski definition) is 1. The average molecular weight is 446 g/mol. The number of rotatable bonds is 5. The fraction of sp³-hybridized carbons (Fsp3) is 0.417. The van der Waals surface area contributed by atoms with Crippen LogP contribution in [0.25, 0.3) is 33.5 Å². The summed E-state index contributed by atoms with van der Waals surface area (Å²) >= 11 is 0. The molecular weight excluding hydrogens is 418 g/mol. The van der Waals surface area contributed by atoms with Crippen molar-refractivity contribution in [2.45, 2.75) is 13.0 Å². The molecular formula is C24H27N7O2. The van der Waals surface area contributed by atoms with Gasteiger partial charge in [-0.1, -0.05) is 0 Å². The van der Waals surface area contributed by atoms with E-state index < -0.39 is 0 Å². The summed E-state index contributed by atoms with van der Waals surface area (Å²) in [6.07, 6.45) is 1.85. The Balaban J connectivity index is 1.17. The van der Waals surface area contributed by atoms with Crippen molar-refractivity contribution in [3.05, 3.63) is 42.4 Å². The molecule has 6 rings (SSSR count). The molecule has 2 aliphatic rings. The monoisotopic (exact) mass is 445 g/mol. The predicted octanol–water partition coefficient (Wildman–Crippen LogP) is 1.94. The fourth-order valence-corrected chi connectivity index (χ4v) is 4.77. The van der Waals surface area contributed by atoms with Crippen LogP contribution in [0.2, 0.25) is 0 Å². The van der Waals surface area contributed by atoms with E-state index in [1.807, 2.05) is 43.5 Å². The van der Waals surface area contributed by atoms with Crippen LogP contribution in [0, 0.1) is 6.92 Å². The number of oxazole rings is 1. The van der Waals surface area contributed by atoms with Crippen molar-refractivity contribution in [2.24, 2.45) is 0 Å². The van der Waals surface area contributed by atoms with Gasteiger partial charge in [0.05, 0.1) is 18.5 Å². The average Bonchev–Trinajstić information content (AvgIpc) is 3.18. The van der Waals surface area contributed by atoms with Gasteiger partial charge in [0.1, 0.15) is 16.9 Å². The number of aromatic nitrogens is 4. The predicted molar refractivity (Wildman–Crippen MR) is 126 cm³/mol. The molecule has 0 atom stereocenters. The molecule has 3 aromatic heterocycles. The second kappa shape index (κ2) is 8.33. The number of anilines is 1. The lowest BCUT2D eigenvalue weighted by Crippen LogP contribution is -2.63. The van der Waals surface area contributed by atoms with E-state index >= 15 is 0 Å². The fourth-order valence-electron chi connectivity index (χ4n) is 4.77. The molecule has 0 bridgehead atoms. The van der Waals surface area contributed by atoms with E-state index in [0.29, 0.717) is 17.6 Å². The number of aliphatic hydroxyl groups is 1. The zero-order valence-electron chi connectivity index (χ0n) is 18.7. The summed E-state index contributed by atoms with van der Waals surface area (Å²) in [5.41, 5.74) is 4.88. The third kappa shape index (κ3) is 3.92. The van der Waals surface area contributed by atoms with Gasteiger partial charge in [-0.05, 0) is 30.3 Å². The Bertz CT molecular complexity index is 1290. The lowest BCUT2D eigenvalue weighted by Gasteiger charge is -2.48. The van der Waals surface area contributed by atoms with E-state index in [2.05, 4.69) is 24.7 Å². The molecule has 9 heteroatoms. The number of aryl methyl sites for hydroxylation is 1. The Morgan fingerprint density at radius 2 is 1.85 bits per heavy atom. The molecule has 0 radical (unpaired) electrons. The van der Waals surface area contributed by atoms with Crippen LogP contribution < -0.4 is 4.90 Å². The number of hydrogen-bond acceptors (Lipinski definition) is 9. The van der Waals surface area contributed by atoms with Crippen molar-refractivity contribution in [1.29, 1.82) is 0 Å². The van der Waals surface area contributed by atoms with Gasteiger partial charge in [0.15, 0.2) is 17.1 Å². The largest absolute Gasteiger partial charge is 0.441 e. The molecule has 1 aromatic carbocycles. The summed E-state index contributed by atoms with van der Waals surface area (Å²) in [5.74, 6) is 1.54. The first-order chi connectivity index (χ1) is 16.2. The van der Waals surface area contributed by atoms with E-state index in [1.54, 1.807) is 0 Å². The normalized spacial score (nSPS) is 18.3. The molecule has 1 N–H and O–H groups in total. The first kappa shape index (κ1) is 20.5. The van der Waals surface area contributed by atoms with Crippen LogP contribution in [0.4, 0.5) is 5.82 Å². The minimum absolute atomic E-state index is 0.238. The molecule has 2 fully saturated rings. The number of aliphatic hydroxyl groups excluding tert-OH is 1. The zero-order chi connectivity index (χ0) is 22.4. The van der Waals surface area contributed by atoms with Crippen molar-refractivity contribution < 1.29 is 9.52 Å². The van der Waals surface area contributed by atoms with Gasteiger partial charge in [-0.3, -0.25) is 9.80 Å². The second-order valence-electron chi connectivity index (χ2n) is 8.84. The quantitative estimate of drug-likeness (QED) is 0.494. The van der Waals surface area contributed by atoms with Crippen molar-refractivity contribution in [1.82, 2.24) is 29.7 Å². The Hall–Kier alpha value is -3.14. The van der Waals surface area contributed by atoms with Gasteiger partial charge in [0.25, 0.3) is 0 Å². The number of piperazine rings is 1. The highest BCUT2D eigenvalue weighted by molar-refractivity contribution is 5.82. The van der Waals surface area contributed by atoms with Gasteiger partial charge < -0.3 is 14.4 Å². The third-order valence-electron chi connectivity index (χ3n) is 6.71. The van der Waals surface area contributed by atoms with Crippen LogP contribution in [0.1, 0.15) is 5.89 Å². The Morgan fingerprint density at radius 3 is 2.67 bits per heavy atom. The molecule has 9 nitrogen and oxygen atoms in total. The molecule has 2 aliphatic heterocycles. The van der Waals surface area contributed by atoms with Crippen LogP contribution in [0.3, 0.4) is 0 Å². The summed E-state index contributed by atoms with van der Waals surface area (Å²) in [7, 11) is 0. The maximum atomic E-state index is 9.13. The van der Waals surface area contributed by atoms with Crippen LogP contribution in [-0.4, -0.2) is 93.3 Å². The molecule has 2 saturated heterocycles. The number of β-amino-alcohol motifs (C(OH)–C–C–N with tert-alkyl or cyclic N) is 1. The van der Waals surface area contributed by atoms with Crippen molar-refractivity contribution in [3.63, 3.8) is 0 Å². The van der Waals surface area contributed by atoms with Crippen LogP contribution >= 0.6 is 0 Å². The third-order valence-corrected chi connectivity index (χ3v) is 6.71. The highest BCUT2D eigenvalue weighted by atomic mass is 16.3. The van der Waals surface area contributed by atoms with E-state index in [0.717, 1.165) is 79.5 Å². The molecule has 0 aliphatic carbocycles. The van der Waals surface area contributed by atoms with E-state index in [-0.39, 0.29) is 6.61 Å². The van der Waals surface area contributed by atoms with Crippen molar-refractivity contribution in [3.8, 4) is 11.3 Å². The summed E-state index contributed by atoms with van der Waals surface area (Å²) in [6, 6.07) is 10.4. The minimum Gasteiger partial charge on any atom is -0.441 e. The van der Waals surface area contributed by atoms with Gasteiger partial charge in [0, 0.05) is 64.3 Å². The standard InChI is InChI=1S/C24H27N7O2/c1-16-26-21-12-17(2-5-22(21)33-16)19-3-4-20-24(27-19)28-23(13-25-20)31-14-18(15-31)30-8-6-29(7-9-30)10-11-32/h2-5,12-13,18,32H,6-11,14-15H2,1H3. The lowest BCUT2D eigenvalue weighted by atomic mass is 10.1. The van der Waals surface area contributed by atoms with Gasteiger partial charge in [0.2, 0.25) is 0 Å². The first-order valence-electron chi connectivity index (χ1n) is 11.5. The summed E-state index contributed by atoms with van der Waals surface area (Å²) < 4.78 is 5.58. The molecule has 170 valence electrons. The molecule has 5 heterocycles. The summed E-state index contributed by atoms with van der Waals surface area (Å²) in [5, 5.41) is 9.13. The highest BCUT2D eigenvalue weighted by Crippen LogP contribution is 2.27. The zero-order valence-corrected chi connectivity index (χ0v) is 18.7. The Labute approximate surface area is 191 Å². The SMILES string of the molecule is Cc1nc2cc(-c3ccc4ncc(N5CC(N6CCN(CCO)CC6)C5)nc4n3)ccc2o1. The maximum absolute atomic E-state index is 9.13. The van der Waals surface area contributed by atoms with Gasteiger partial charge in [-0.15, -0.1) is 0 Å². The number of benzene rings is 1. The number of fused-ring (bicyclic) bond motifs is 2. The van der Waals surface area contributed by atoms with E-state index in [1.165, 1.54) is 0 Å². The lowest BCUT2D eigenvalue weighted by molar-refractivity contribution is 0.0731. The van der Waals surface area contributed by atoms with Gasteiger partial charge in [-0.25, -0.2) is 19.9 Å². The van der Waals surface area contributed by atoms with Crippen LogP contribution in [0.15, 0.2) is 40.9 Å². The molecule has 4 aromatic rings. The Morgan fingerprint density at radius 1 is 1.00 bits per heavy atom. The number of nitrogens with zero attached hydrogens (tertiary/aromatic N) is 7. The molecule has 33 heavy (non-hydrogen) atoms. The van der Waals surface area contributed by atoms with Gasteiger partial charge >= 0.3 is 0 Å². The second-order valence-corrected chi connectivity index (χ2v) is 8.84. The highest BCUT2D eigenvalue weighted by Gasteiger charge is 2.34. The van der Waals surface area contributed by atoms with Crippen LogP contribution in [0.5, 0.6) is 0 Å². The topological polar surface area (TPSA) is 94.7 Å². The number of pyridine rings is 1. The minimum atomic E-state index is 0.238. The summed E-state index contributed by atoms with van der Waals surface area (Å²) in [4.78, 5) is 25.8. The Kier molecular flexibility index (Phi) is 5.17. The molecule has 0 unspecified atom stereocenters. The van der Waals surface area contributed by atoms with Crippen LogP contribution in [-0.2, 0) is 0 Å². The molecule has 0 spiro atoms. The maximum Gasteiger partial charge on any atom is 0.192 e.